The van der Waals surface area contributed by atoms with Gasteiger partial charge in [0.2, 0.25) is 0 Å². The first-order valence-electron chi connectivity index (χ1n) is 9.15. The van der Waals surface area contributed by atoms with Gasteiger partial charge in [-0.25, -0.2) is 9.59 Å². The van der Waals surface area contributed by atoms with Crippen LogP contribution in [0.5, 0.6) is 5.75 Å². The smallest absolute Gasteiger partial charge is 0.402 e. The highest BCUT2D eigenvalue weighted by Gasteiger charge is 2.45. The first-order chi connectivity index (χ1) is 15.1. The average Bonchev–Trinajstić information content (AvgIpc) is 3.17. The van der Waals surface area contributed by atoms with Crippen LogP contribution < -0.4 is 4.74 Å². The molecule has 0 heterocycles. The lowest BCUT2D eigenvalue weighted by molar-refractivity contribution is -0.00950. The summed E-state index contributed by atoms with van der Waals surface area (Å²) >= 11 is 0. The number of benzene rings is 3. The summed E-state index contributed by atoms with van der Waals surface area (Å²) in [5, 5.41) is -2.95. The fourth-order valence-corrected chi connectivity index (χ4v) is 3.43. The first-order valence-corrected chi connectivity index (χ1v) is 10.6. The Labute approximate surface area is 180 Å². The number of hydrogen-bond acceptors (Lipinski definition) is 6. The minimum absolute atomic E-state index is 0.0937. The molecule has 1 aliphatic carbocycles. The summed E-state index contributed by atoms with van der Waals surface area (Å²) < 4.78 is 65.5. The highest BCUT2D eigenvalue weighted by Crippen LogP contribution is 2.33. The van der Waals surface area contributed by atoms with E-state index in [9.17, 15) is 26.8 Å². The maximum Gasteiger partial charge on any atom is 0.402 e. The van der Waals surface area contributed by atoms with Gasteiger partial charge in [0, 0.05) is 0 Å². The molecule has 3 aromatic rings. The second-order valence-corrected chi connectivity index (χ2v) is 8.46. The van der Waals surface area contributed by atoms with Crippen LogP contribution in [0.4, 0.5) is 8.78 Å². The standard InChI is InChI=1S/C22H14F2O7S/c23-22(24,32(27,28)29)12-30-20(25)15-6-9-16(10-7-15)31-21(26)18-11-8-14-5-4-13-2-1-3-17(18)19(13)14/h1-11H,12H2,(H,27,28,29). The first kappa shape index (κ1) is 21.6. The Hall–Kier alpha value is -3.63. The molecule has 0 spiro atoms. The van der Waals surface area contributed by atoms with Crippen molar-refractivity contribution in [1.82, 2.24) is 0 Å². The van der Waals surface area contributed by atoms with E-state index in [1.165, 1.54) is 12.1 Å². The molecule has 10 heteroatoms. The summed E-state index contributed by atoms with van der Waals surface area (Å²) in [6.45, 7) is -1.85. The Kier molecular flexibility index (Phi) is 5.27. The lowest BCUT2D eigenvalue weighted by Gasteiger charge is -2.13. The Morgan fingerprint density at radius 3 is 2.22 bits per heavy atom. The van der Waals surface area contributed by atoms with Crippen LogP contribution in [0.1, 0.15) is 31.8 Å². The molecule has 4 rings (SSSR count). The topological polar surface area (TPSA) is 107 Å². The molecule has 0 radical (unpaired) electrons. The van der Waals surface area contributed by atoms with E-state index < -0.39 is 33.9 Å². The maximum absolute atomic E-state index is 13.2. The highest BCUT2D eigenvalue weighted by molar-refractivity contribution is 7.86. The predicted molar refractivity (Wildman–Crippen MR) is 111 cm³/mol. The summed E-state index contributed by atoms with van der Waals surface area (Å²) in [6, 6.07) is 13.9. The van der Waals surface area contributed by atoms with Gasteiger partial charge in [-0.3, -0.25) is 4.55 Å². The van der Waals surface area contributed by atoms with E-state index in [-0.39, 0.29) is 11.3 Å². The molecule has 3 aromatic carbocycles. The maximum atomic E-state index is 13.2. The molecule has 0 aromatic heterocycles. The summed E-state index contributed by atoms with van der Waals surface area (Å²) in [4.78, 5) is 24.5. The second kappa shape index (κ2) is 7.81. The summed E-state index contributed by atoms with van der Waals surface area (Å²) in [5.41, 5.74) is 2.15. The molecular weight excluding hydrogens is 446 g/mol. The third kappa shape index (κ3) is 3.97. The normalized spacial score (nSPS) is 12.7. The van der Waals surface area contributed by atoms with Gasteiger partial charge in [-0.2, -0.15) is 17.2 Å². The summed E-state index contributed by atoms with van der Waals surface area (Å²) in [5.74, 6) is -1.77. The van der Waals surface area contributed by atoms with Crippen molar-refractivity contribution < 1.29 is 40.8 Å². The van der Waals surface area contributed by atoms with E-state index in [0.717, 1.165) is 34.0 Å². The Morgan fingerprint density at radius 2 is 1.56 bits per heavy atom. The van der Waals surface area contributed by atoms with E-state index in [1.54, 1.807) is 6.07 Å². The quantitative estimate of drug-likeness (QED) is 0.261. The van der Waals surface area contributed by atoms with Crippen LogP contribution in [0.25, 0.3) is 22.9 Å². The number of hydrogen-bond donors (Lipinski definition) is 1. The van der Waals surface area contributed by atoms with Gasteiger partial charge in [-0.15, -0.1) is 0 Å². The number of carbonyl (C=O) groups is 2. The van der Waals surface area contributed by atoms with Crippen molar-refractivity contribution >= 4 is 45.0 Å². The fraction of sp³-hybridized carbons (Fsp3) is 0.0909. The molecule has 164 valence electrons. The van der Waals surface area contributed by atoms with Gasteiger partial charge in [0.1, 0.15) is 5.75 Å². The molecule has 0 saturated carbocycles. The van der Waals surface area contributed by atoms with Gasteiger partial charge < -0.3 is 9.47 Å². The van der Waals surface area contributed by atoms with Crippen LogP contribution in [-0.2, 0) is 14.9 Å². The summed E-state index contributed by atoms with van der Waals surface area (Å²) in [7, 11) is -5.72. The fourth-order valence-electron chi connectivity index (χ4n) is 3.23. The molecule has 32 heavy (non-hydrogen) atoms. The molecule has 0 saturated heterocycles. The van der Waals surface area contributed by atoms with Crippen LogP contribution in [0.3, 0.4) is 0 Å². The van der Waals surface area contributed by atoms with Crippen LogP contribution in [0.2, 0.25) is 0 Å². The monoisotopic (exact) mass is 460 g/mol. The van der Waals surface area contributed by atoms with Crippen molar-refractivity contribution in [2.24, 2.45) is 0 Å². The Bertz CT molecular complexity index is 1370. The minimum atomic E-state index is -5.72. The van der Waals surface area contributed by atoms with Crippen LogP contribution in [0.15, 0.2) is 54.6 Å². The third-order valence-corrected chi connectivity index (χ3v) is 5.69. The molecular formula is C22H14F2O7S. The van der Waals surface area contributed by atoms with Crippen molar-refractivity contribution in [3.63, 3.8) is 0 Å². The molecule has 0 fully saturated rings. The van der Waals surface area contributed by atoms with Gasteiger partial charge in [-0.1, -0.05) is 36.4 Å². The third-order valence-electron chi connectivity index (χ3n) is 4.82. The van der Waals surface area contributed by atoms with E-state index in [1.807, 2.05) is 36.4 Å². The average molecular weight is 460 g/mol. The molecule has 1 N–H and O–H groups in total. The zero-order chi connectivity index (χ0) is 23.1. The van der Waals surface area contributed by atoms with Crippen molar-refractivity contribution in [3.05, 3.63) is 76.9 Å². The van der Waals surface area contributed by atoms with E-state index >= 15 is 0 Å². The molecule has 0 aliphatic heterocycles. The van der Waals surface area contributed by atoms with Crippen molar-refractivity contribution in [3.8, 4) is 5.75 Å². The molecule has 0 amide bonds. The lowest BCUT2D eigenvalue weighted by Crippen LogP contribution is -2.34. The molecule has 0 unspecified atom stereocenters. The zero-order valence-corrected chi connectivity index (χ0v) is 16.9. The Morgan fingerprint density at radius 1 is 0.906 bits per heavy atom. The van der Waals surface area contributed by atoms with Crippen LogP contribution in [-0.4, -0.2) is 36.8 Å². The van der Waals surface area contributed by atoms with E-state index in [2.05, 4.69) is 4.74 Å². The predicted octanol–water partition coefficient (Wildman–Crippen LogP) is 4.18. The SMILES string of the molecule is O=C(OCC(F)(F)S(=O)(=O)O)c1ccc(OC(=O)c2ccc3c4c(cccc24)C=C3)cc1. The number of esters is 2. The largest absolute Gasteiger partial charge is 0.454 e. The van der Waals surface area contributed by atoms with E-state index in [4.69, 9.17) is 9.29 Å². The zero-order valence-electron chi connectivity index (χ0n) is 16.1. The van der Waals surface area contributed by atoms with E-state index in [0.29, 0.717) is 5.56 Å². The van der Waals surface area contributed by atoms with Crippen molar-refractivity contribution in [1.29, 1.82) is 0 Å². The van der Waals surface area contributed by atoms with Crippen LogP contribution in [0, 0.1) is 0 Å². The number of halogens is 2. The van der Waals surface area contributed by atoms with Crippen LogP contribution >= 0.6 is 0 Å². The highest BCUT2D eigenvalue weighted by atomic mass is 32.2. The Balaban J connectivity index is 1.46. The lowest BCUT2D eigenvalue weighted by atomic mass is 9.99. The number of ether oxygens (including phenoxy) is 2. The van der Waals surface area contributed by atoms with Gasteiger partial charge in [0.15, 0.2) is 6.61 Å². The number of alkyl halides is 2. The van der Waals surface area contributed by atoms with Gasteiger partial charge in [-0.05, 0) is 52.2 Å². The van der Waals surface area contributed by atoms with Gasteiger partial charge in [0.25, 0.3) is 0 Å². The van der Waals surface area contributed by atoms with Crippen molar-refractivity contribution in [2.75, 3.05) is 6.61 Å². The van der Waals surface area contributed by atoms with Gasteiger partial charge in [0.05, 0.1) is 11.1 Å². The number of carbonyl (C=O) groups excluding carboxylic acids is 2. The molecule has 7 nitrogen and oxygen atoms in total. The molecule has 1 aliphatic rings. The molecule has 0 bridgehead atoms. The molecule has 0 atom stereocenters. The van der Waals surface area contributed by atoms with Gasteiger partial charge >= 0.3 is 27.3 Å². The second-order valence-electron chi connectivity index (χ2n) is 6.91. The van der Waals surface area contributed by atoms with Crippen molar-refractivity contribution in [2.45, 2.75) is 5.25 Å². The summed E-state index contributed by atoms with van der Waals surface area (Å²) in [6.07, 6.45) is 3.91. The number of rotatable bonds is 6. The minimum Gasteiger partial charge on any atom is -0.454 e.